The van der Waals surface area contributed by atoms with Crippen molar-refractivity contribution in [2.45, 2.75) is 6.54 Å². The van der Waals surface area contributed by atoms with Crippen molar-refractivity contribution in [3.63, 3.8) is 0 Å². The second kappa shape index (κ2) is 6.67. The fourth-order valence-corrected chi connectivity index (χ4v) is 2.25. The highest BCUT2D eigenvalue weighted by Crippen LogP contribution is 2.15. The lowest BCUT2D eigenvalue weighted by molar-refractivity contribution is -0.117. The highest BCUT2D eigenvalue weighted by Gasteiger charge is 2.09. The van der Waals surface area contributed by atoms with E-state index in [-0.39, 0.29) is 5.57 Å². The molecule has 2 aromatic carbocycles. The molecule has 0 aliphatic heterocycles. The van der Waals surface area contributed by atoms with Gasteiger partial charge in [0.15, 0.2) is 5.58 Å². The zero-order valence-electron chi connectivity index (χ0n) is 12.6. The summed E-state index contributed by atoms with van der Waals surface area (Å²) in [5.41, 5.74) is 2.47. The van der Waals surface area contributed by atoms with Gasteiger partial charge in [0.2, 0.25) is 0 Å². The van der Waals surface area contributed by atoms with E-state index in [1.807, 2.05) is 36.4 Å². The van der Waals surface area contributed by atoms with E-state index < -0.39 is 11.7 Å². The molecule has 0 aliphatic carbocycles. The van der Waals surface area contributed by atoms with Crippen LogP contribution in [-0.4, -0.2) is 10.9 Å². The molecular formula is C18H13N3O3. The number of aromatic amines is 1. The zero-order chi connectivity index (χ0) is 16.9. The average Bonchev–Trinajstić information content (AvgIpc) is 2.97. The molecule has 3 aromatic rings. The molecule has 24 heavy (non-hydrogen) atoms. The minimum atomic E-state index is -0.549. The van der Waals surface area contributed by atoms with E-state index in [4.69, 9.17) is 4.42 Å². The van der Waals surface area contributed by atoms with Crippen LogP contribution < -0.4 is 11.1 Å². The van der Waals surface area contributed by atoms with Gasteiger partial charge in [0, 0.05) is 6.54 Å². The molecule has 0 bridgehead atoms. The number of nitriles is 1. The van der Waals surface area contributed by atoms with E-state index in [1.165, 1.54) is 6.08 Å². The van der Waals surface area contributed by atoms with Crippen LogP contribution in [-0.2, 0) is 11.3 Å². The Kier molecular flexibility index (Phi) is 4.25. The maximum atomic E-state index is 12.1. The molecule has 6 nitrogen and oxygen atoms in total. The Hall–Kier alpha value is -3.59. The Morgan fingerprint density at radius 1 is 1.25 bits per heavy atom. The molecule has 0 aliphatic rings. The Labute approximate surface area is 137 Å². The first kappa shape index (κ1) is 15.3. The molecule has 0 saturated carbocycles. The topological polar surface area (TPSA) is 98.9 Å². The van der Waals surface area contributed by atoms with Crippen molar-refractivity contribution in [3.05, 3.63) is 75.8 Å². The Balaban J connectivity index is 1.78. The summed E-state index contributed by atoms with van der Waals surface area (Å²) < 4.78 is 4.91. The number of fused-ring (bicyclic) bond motifs is 1. The number of benzene rings is 2. The minimum absolute atomic E-state index is 0.0175. The van der Waals surface area contributed by atoms with Crippen LogP contribution in [0.3, 0.4) is 0 Å². The smallest absolute Gasteiger partial charge is 0.408 e. The van der Waals surface area contributed by atoms with E-state index >= 15 is 0 Å². The third kappa shape index (κ3) is 3.42. The summed E-state index contributed by atoms with van der Waals surface area (Å²) in [5.74, 6) is -1.01. The Morgan fingerprint density at radius 2 is 2.04 bits per heavy atom. The summed E-state index contributed by atoms with van der Waals surface area (Å²) in [4.78, 5) is 25.8. The summed E-state index contributed by atoms with van der Waals surface area (Å²) in [6.45, 7) is 0.340. The summed E-state index contributed by atoms with van der Waals surface area (Å²) in [5, 5.41) is 11.9. The molecule has 0 atom stereocenters. The van der Waals surface area contributed by atoms with Crippen molar-refractivity contribution in [1.82, 2.24) is 10.3 Å². The molecule has 0 saturated heterocycles. The fourth-order valence-electron chi connectivity index (χ4n) is 2.25. The van der Waals surface area contributed by atoms with E-state index in [1.54, 1.807) is 18.2 Å². The number of rotatable bonds is 4. The number of nitrogens with one attached hydrogen (secondary N) is 2. The van der Waals surface area contributed by atoms with E-state index in [9.17, 15) is 14.9 Å². The highest BCUT2D eigenvalue weighted by molar-refractivity contribution is 6.01. The predicted octanol–water partition coefficient (Wildman–Crippen LogP) is 2.34. The van der Waals surface area contributed by atoms with Crippen molar-refractivity contribution < 1.29 is 9.21 Å². The van der Waals surface area contributed by atoms with Gasteiger partial charge in [-0.25, -0.2) is 4.79 Å². The van der Waals surface area contributed by atoms with Gasteiger partial charge in [0.1, 0.15) is 11.6 Å². The SMILES string of the molecule is N#CC(=Cc1ccc2oc(=O)[nH]c2c1)C(=O)NCc1ccccc1. The number of oxazole rings is 1. The molecule has 0 radical (unpaired) electrons. The number of nitrogens with zero attached hydrogens (tertiary/aromatic N) is 1. The molecule has 0 spiro atoms. The molecule has 1 aromatic heterocycles. The van der Waals surface area contributed by atoms with Crippen LogP contribution in [0.1, 0.15) is 11.1 Å². The van der Waals surface area contributed by atoms with Crippen LogP contribution in [0, 0.1) is 11.3 Å². The first-order valence-corrected chi connectivity index (χ1v) is 7.22. The molecule has 1 heterocycles. The maximum absolute atomic E-state index is 12.1. The molecule has 2 N–H and O–H groups in total. The second-order valence-corrected chi connectivity index (χ2v) is 5.11. The van der Waals surface area contributed by atoms with Crippen molar-refractivity contribution >= 4 is 23.1 Å². The molecule has 1 amide bonds. The number of carbonyl (C=O) groups is 1. The lowest BCUT2D eigenvalue weighted by Gasteiger charge is -2.04. The quantitative estimate of drug-likeness (QED) is 0.569. The summed E-state index contributed by atoms with van der Waals surface area (Å²) in [7, 11) is 0. The highest BCUT2D eigenvalue weighted by atomic mass is 16.4. The van der Waals surface area contributed by atoms with Crippen LogP contribution in [0.2, 0.25) is 0 Å². The third-order valence-electron chi connectivity index (χ3n) is 3.41. The van der Waals surface area contributed by atoms with E-state index in [0.717, 1.165) is 5.56 Å². The second-order valence-electron chi connectivity index (χ2n) is 5.11. The van der Waals surface area contributed by atoms with Crippen molar-refractivity contribution in [3.8, 4) is 6.07 Å². The van der Waals surface area contributed by atoms with Crippen LogP contribution in [0.25, 0.3) is 17.2 Å². The van der Waals surface area contributed by atoms with Crippen LogP contribution in [0.5, 0.6) is 0 Å². The third-order valence-corrected chi connectivity index (χ3v) is 3.41. The van der Waals surface area contributed by atoms with Gasteiger partial charge in [-0.1, -0.05) is 36.4 Å². The Bertz CT molecular complexity index is 1010. The monoisotopic (exact) mass is 319 g/mol. The van der Waals surface area contributed by atoms with Gasteiger partial charge >= 0.3 is 5.76 Å². The van der Waals surface area contributed by atoms with Gasteiger partial charge < -0.3 is 9.73 Å². The largest absolute Gasteiger partial charge is 0.417 e. The number of hydrogen-bond acceptors (Lipinski definition) is 4. The van der Waals surface area contributed by atoms with Crippen molar-refractivity contribution in [2.24, 2.45) is 0 Å². The van der Waals surface area contributed by atoms with Gasteiger partial charge in [-0.3, -0.25) is 9.78 Å². The fraction of sp³-hybridized carbons (Fsp3) is 0.0556. The number of hydrogen-bond donors (Lipinski definition) is 2. The van der Waals surface area contributed by atoms with Crippen molar-refractivity contribution in [2.75, 3.05) is 0 Å². The number of amides is 1. The standard InChI is InChI=1S/C18H13N3O3/c19-10-14(17(22)20-11-12-4-2-1-3-5-12)8-13-6-7-16-15(9-13)21-18(23)24-16/h1-9H,11H2,(H,20,22)(H,21,23). The lowest BCUT2D eigenvalue weighted by Crippen LogP contribution is -2.23. The van der Waals surface area contributed by atoms with E-state index in [0.29, 0.717) is 23.2 Å². The van der Waals surface area contributed by atoms with Crippen molar-refractivity contribution in [1.29, 1.82) is 5.26 Å². The average molecular weight is 319 g/mol. The van der Waals surface area contributed by atoms with Crippen LogP contribution >= 0.6 is 0 Å². The van der Waals surface area contributed by atoms with Gasteiger partial charge in [0.25, 0.3) is 5.91 Å². The Morgan fingerprint density at radius 3 is 2.79 bits per heavy atom. The predicted molar refractivity (Wildman–Crippen MR) is 88.7 cm³/mol. The number of aromatic nitrogens is 1. The first-order valence-electron chi connectivity index (χ1n) is 7.22. The summed E-state index contributed by atoms with van der Waals surface area (Å²) >= 11 is 0. The normalized spacial score (nSPS) is 11.2. The van der Waals surface area contributed by atoms with Gasteiger partial charge in [0.05, 0.1) is 5.52 Å². The van der Waals surface area contributed by atoms with Crippen LogP contribution in [0.15, 0.2) is 63.3 Å². The minimum Gasteiger partial charge on any atom is -0.408 e. The first-order chi connectivity index (χ1) is 11.7. The molecule has 0 fully saturated rings. The number of carbonyl (C=O) groups excluding carboxylic acids is 1. The molecule has 6 heteroatoms. The van der Waals surface area contributed by atoms with Gasteiger partial charge in [-0.2, -0.15) is 5.26 Å². The van der Waals surface area contributed by atoms with E-state index in [2.05, 4.69) is 10.3 Å². The lowest BCUT2D eigenvalue weighted by atomic mass is 10.1. The van der Waals surface area contributed by atoms with Gasteiger partial charge in [-0.05, 0) is 29.3 Å². The molecule has 0 unspecified atom stereocenters. The summed E-state index contributed by atoms with van der Waals surface area (Å²) in [6.07, 6.45) is 1.46. The number of H-pyrrole nitrogens is 1. The zero-order valence-corrected chi connectivity index (χ0v) is 12.6. The molecular weight excluding hydrogens is 306 g/mol. The summed E-state index contributed by atoms with van der Waals surface area (Å²) in [6, 6.07) is 16.2. The molecule has 3 rings (SSSR count). The maximum Gasteiger partial charge on any atom is 0.417 e. The van der Waals surface area contributed by atoms with Crippen LogP contribution in [0.4, 0.5) is 0 Å². The van der Waals surface area contributed by atoms with Gasteiger partial charge in [-0.15, -0.1) is 0 Å². The molecule has 118 valence electrons.